The van der Waals surface area contributed by atoms with Crippen molar-refractivity contribution >= 4 is 22.5 Å². The molecule has 0 aliphatic carbocycles. The molecule has 0 aliphatic rings. The van der Waals surface area contributed by atoms with Crippen LogP contribution in [0.3, 0.4) is 0 Å². The molecule has 1 aromatic carbocycles. The number of aromatic nitrogens is 4. The van der Waals surface area contributed by atoms with E-state index in [1.807, 2.05) is 59.1 Å². The van der Waals surface area contributed by atoms with Gasteiger partial charge >= 0.3 is 0 Å². The molecule has 148 valence electrons. The Hall–Kier alpha value is -3.48. The van der Waals surface area contributed by atoms with Gasteiger partial charge in [-0.1, -0.05) is 38.1 Å². The lowest BCUT2D eigenvalue weighted by Crippen LogP contribution is -2.36. The van der Waals surface area contributed by atoms with Crippen LogP contribution in [0.5, 0.6) is 5.75 Å². The van der Waals surface area contributed by atoms with E-state index < -0.39 is 0 Å². The Morgan fingerprint density at radius 1 is 1.10 bits per heavy atom. The van der Waals surface area contributed by atoms with E-state index in [9.17, 15) is 4.79 Å². The number of nitrogens with zero attached hydrogens (tertiary/aromatic N) is 4. The second-order valence-electron chi connectivity index (χ2n) is 7.84. The second kappa shape index (κ2) is 7.50. The molecule has 0 atom stereocenters. The lowest BCUT2D eigenvalue weighted by Gasteiger charge is -2.25. The van der Waals surface area contributed by atoms with Crippen LogP contribution < -0.4 is 10.1 Å². The second-order valence-corrected chi connectivity index (χ2v) is 7.84. The van der Waals surface area contributed by atoms with Crippen LogP contribution in [0.4, 0.5) is 0 Å². The maximum atomic E-state index is 11.2. The number of amides is 1. The molecule has 0 bridgehead atoms. The van der Waals surface area contributed by atoms with E-state index in [-0.39, 0.29) is 11.3 Å². The van der Waals surface area contributed by atoms with Crippen molar-refractivity contribution in [2.24, 2.45) is 5.41 Å². The van der Waals surface area contributed by atoms with Gasteiger partial charge in [0.05, 0.1) is 6.61 Å². The summed E-state index contributed by atoms with van der Waals surface area (Å²) >= 11 is 0. The minimum Gasteiger partial charge on any atom is -0.491 e. The summed E-state index contributed by atoms with van der Waals surface area (Å²) in [6, 6.07) is 15.6. The van der Waals surface area contributed by atoms with E-state index in [0.29, 0.717) is 24.7 Å². The van der Waals surface area contributed by atoms with Gasteiger partial charge in [-0.3, -0.25) is 9.20 Å². The fraction of sp³-hybridized carbons (Fsp3) is 0.273. The summed E-state index contributed by atoms with van der Waals surface area (Å²) in [7, 11) is 0. The number of rotatable bonds is 6. The van der Waals surface area contributed by atoms with Crippen LogP contribution in [0.25, 0.3) is 28.1 Å². The van der Waals surface area contributed by atoms with Crippen molar-refractivity contribution < 1.29 is 9.53 Å². The van der Waals surface area contributed by atoms with Crippen LogP contribution in [-0.2, 0) is 4.79 Å². The van der Waals surface area contributed by atoms with Crippen molar-refractivity contribution in [2.75, 3.05) is 13.2 Å². The highest BCUT2D eigenvalue weighted by Gasteiger charge is 2.20. The number of pyridine rings is 2. The third-order valence-corrected chi connectivity index (χ3v) is 4.66. The third kappa shape index (κ3) is 4.03. The van der Waals surface area contributed by atoms with Crippen molar-refractivity contribution in [1.82, 2.24) is 24.9 Å². The molecule has 3 heterocycles. The van der Waals surface area contributed by atoms with E-state index in [1.165, 1.54) is 6.92 Å². The summed E-state index contributed by atoms with van der Waals surface area (Å²) < 4.78 is 8.03. The minimum absolute atomic E-state index is 0.0462. The van der Waals surface area contributed by atoms with E-state index in [0.717, 1.165) is 22.2 Å². The quantitative estimate of drug-likeness (QED) is 0.546. The standard InChI is InChI=1S/C22H23N5O2/c1-15(28)23-13-22(2,3)14-29-18-8-6-7-16-10-11-17(24-20(16)18)21-26-25-19-9-4-5-12-27(19)21/h4-12H,13-14H2,1-3H3,(H,23,28). The van der Waals surface area contributed by atoms with E-state index >= 15 is 0 Å². The largest absolute Gasteiger partial charge is 0.491 e. The van der Waals surface area contributed by atoms with Crippen LogP contribution >= 0.6 is 0 Å². The van der Waals surface area contributed by atoms with Crippen LogP contribution in [0, 0.1) is 5.41 Å². The first-order valence-corrected chi connectivity index (χ1v) is 9.50. The number of para-hydroxylation sites is 1. The summed E-state index contributed by atoms with van der Waals surface area (Å²) in [5.74, 6) is 1.34. The van der Waals surface area contributed by atoms with Gasteiger partial charge in [-0.15, -0.1) is 10.2 Å². The van der Waals surface area contributed by atoms with Crippen LogP contribution in [0.2, 0.25) is 0 Å². The lowest BCUT2D eigenvalue weighted by molar-refractivity contribution is -0.119. The van der Waals surface area contributed by atoms with E-state index in [4.69, 9.17) is 9.72 Å². The van der Waals surface area contributed by atoms with Gasteiger partial charge in [-0.05, 0) is 24.3 Å². The molecule has 3 aromatic heterocycles. The lowest BCUT2D eigenvalue weighted by atomic mass is 9.95. The fourth-order valence-corrected chi connectivity index (χ4v) is 3.06. The van der Waals surface area contributed by atoms with Gasteiger partial charge in [-0.2, -0.15) is 0 Å². The highest BCUT2D eigenvalue weighted by molar-refractivity contribution is 5.86. The molecule has 0 spiro atoms. The van der Waals surface area contributed by atoms with Gasteiger partial charge in [-0.25, -0.2) is 4.98 Å². The Balaban J connectivity index is 1.65. The smallest absolute Gasteiger partial charge is 0.216 e. The number of fused-ring (bicyclic) bond motifs is 2. The molecule has 0 unspecified atom stereocenters. The zero-order chi connectivity index (χ0) is 20.4. The Kier molecular flexibility index (Phi) is 4.88. The van der Waals surface area contributed by atoms with Crippen LogP contribution in [0.1, 0.15) is 20.8 Å². The summed E-state index contributed by atoms with van der Waals surface area (Å²) in [6.45, 7) is 6.61. The van der Waals surface area contributed by atoms with Gasteiger partial charge in [0.15, 0.2) is 11.5 Å². The van der Waals surface area contributed by atoms with Crippen molar-refractivity contribution in [2.45, 2.75) is 20.8 Å². The number of ether oxygens (including phenoxy) is 1. The highest BCUT2D eigenvalue weighted by Crippen LogP contribution is 2.28. The first-order chi connectivity index (χ1) is 13.9. The number of carbonyl (C=O) groups excluding carboxylic acids is 1. The SMILES string of the molecule is CC(=O)NCC(C)(C)COc1cccc2ccc(-c3nnc4ccccn34)nc12. The molecule has 4 aromatic rings. The van der Waals surface area contributed by atoms with Gasteiger partial charge in [0.25, 0.3) is 0 Å². The van der Waals surface area contributed by atoms with Crippen molar-refractivity contribution in [1.29, 1.82) is 0 Å². The molecule has 0 fully saturated rings. The molecular weight excluding hydrogens is 366 g/mol. The molecule has 0 saturated heterocycles. The Bertz CT molecular complexity index is 1180. The Morgan fingerprint density at radius 2 is 1.97 bits per heavy atom. The summed E-state index contributed by atoms with van der Waals surface area (Å²) in [6.07, 6.45) is 1.92. The van der Waals surface area contributed by atoms with Gasteiger partial charge in [0.2, 0.25) is 5.91 Å². The average molecular weight is 389 g/mol. The molecule has 7 heteroatoms. The molecule has 7 nitrogen and oxygen atoms in total. The number of carbonyl (C=O) groups is 1. The molecule has 1 amide bonds. The van der Waals surface area contributed by atoms with Gasteiger partial charge in [0.1, 0.15) is 17.0 Å². The fourth-order valence-electron chi connectivity index (χ4n) is 3.06. The van der Waals surface area contributed by atoms with Crippen molar-refractivity contribution in [3.05, 3.63) is 54.7 Å². The first kappa shape index (κ1) is 18.9. The normalized spacial score (nSPS) is 11.7. The summed E-state index contributed by atoms with van der Waals surface area (Å²) in [5.41, 5.74) is 2.06. The maximum absolute atomic E-state index is 11.2. The number of nitrogens with one attached hydrogen (secondary N) is 1. The van der Waals surface area contributed by atoms with Gasteiger partial charge < -0.3 is 10.1 Å². The summed E-state index contributed by atoms with van der Waals surface area (Å²) in [5, 5.41) is 12.3. The molecule has 1 N–H and O–H groups in total. The zero-order valence-corrected chi connectivity index (χ0v) is 16.7. The van der Waals surface area contributed by atoms with Gasteiger partial charge in [0, 0.05) is 30.5 Å². The topological polar surface area (TPSA) is 81.4 Å². The minimum atomic E-state index is -0.214. The summed E-state index contributed by atoms with van der Waals surface area (Å²) in [4.78, 5) is 16.0. The molecule has 29 heavy (non-hydrogen) atoms. The first-order valence-electron chi connectivity index (χ1n) is 9.50. The predicted octanol–water partition coefficient (Wildman–Crippen LogP) is 3.49. The van der Waals surface area contributed by atoms with Crippen LogP contribution in [0.15, 0.2) is 54.7 Å². The highest BCUT2D eigenvalue weighted by atomic mass is 16.5. The number of hydrogen-bond donors (Lipinski definition) is 1. The monoisotopic (exact) mass is 389 g/mol. The predicted molar refractivity (Wildman–Crippen MR) is 112 cm³/mol. The van der Waals surface area contributed by atoms with Crippen molar-refractivity contribution in [3.8, 4) is 17.3 Å². The molecule has 0 aliphatic heterocycles. The average Bonchev–Trinajstić information content (AvgIpc) is 3.15. The third-order valence-electron chi connectivity index (χ3n) is 4.66. The maximum Gasteiger partial charge on any atom is 0.216 e. The number of benzene rings is 1. The van der Waals surface area contributed by atoms with Crippen molar-refractivity contribution in [3.63, 3.8) is 0 Å². The number of hydrogen-bond acceptors (Lipinski definition) is 5. The van der Waals surface area contributed by atoms with E-state index in [2.05, 4.69) is 29.4 Å². The molecule has 0 radical (unpaired) electrons. The molecule has 0 saturated carbocycles. The zero-order valence-electron chi connectivity index (χ0n) is 16.7. The molecular formula is C22H23N5O2. The Labute approximate surface area is 168 Å². The van der Waals surface area contributed by atoms with Crippen LogP contribution in [-0.4, -0.2) is 38.6 Å². The Morgan fingerprint density at radius 3 is 2.79 bits per heavy atom. The molecule has 4 rings (SSSR count). The van der Waals surface area contributed by atoms with E-state index in [1.54, 1.807) is 0 Å².